The molecule has 1 aromatic carbocycles. The first-order valence-electron chi connectivity index (χ1n) is 5.90. The standard InChI is InChI=1S/C13H18N2O2/c1-17-13(16)11-4-2-3-5-12(11)15-10-7-6-9(14)8-10/h2-5,9-10,15H,6-8,14H2,1H3. The largest absolute Gasteiger partial charge is 0.465 e. The Morgan fingerprint density at radius 1 is 1.41 bits per heavy atom. The van der Waals surface area contributed by atoms with Gasteiger partial charge in [0.05, 0.1) is 12.7 Å². The summed E-state index contributed by atoms with van der Waals surface area (Å²) >= 11 is 0. The number of para-hydroxylation sites is 1. The van der Waals surface area contributed by atoms with Crippen molar-refractivity contribution in [2.45, 2.75) is 31.3 Å². The van der Waals surface area contributed by atoms with Gasteiger partial charge < -0.3 is 15.8 Å². The Kier molecular flexibility index (Phi) is 3.64. The number of carbonyl (C=O) groups is 1. The molecule has 17 heavy (non-hydrogen) atoms. The Bertz CT molecular complexity index is 406. The lowest BCUT2D eigenvalue weighted by Gasteiger charge is -2.16. The molecule has 0 saturated heterocycles. The number of esters is 1. The molecular formula is C13H18N2O2. The maximum Gasteiger partial charge on any atom is 0.339 e. The fourth-order valence-corrected chi connectivity index (χ4v) is 2.26. The molecule has 1 aliphatic rings. The maximum absolute atomic E-state index is 11.6. The van der Waals surface area contributed by atoms with Gasteiger partial charge in [-0.15, -0.1) is 0 Å². The topological polar surface area (TPSA) is 64.3 Å². The number of anilines is 1. The van der Waals surface area contributed by atoms with Crippen molar-refractivity contribution in [2.75, 3.05) is 12.4 Å². The smallest absolute Gasteiger partial charge is 0.339 e. The van der Waals surface area contributed by atoms with Crippen molar-refractivity contribution in [2.24, 2.45) is 5.73 Å². The third-order valence-corrected chi connectivity index (χ3v) is 3.17. The van der Waals surface area contributed by atoms with E-state index in [2.05, 4.69) is 5.32 Å². The van der Waals surface area contributed by atoms with Crippen LogP contribution < -0.4 is 11.1 Å². The average Bonchev–Trinajstić information content (AvgIpc) is 2.74. The monoisotopic (exact) mass is 234 g/mol. The normalized spacial score (nSPS) is 23.4. The van der Waals surface area contributed by atoms with E-state index in [0.29, 0.717) is 11.6 Å². The summed E-state index contributed by atoms with van der Waals surface area (Å²) in [4.78, 5) is 11.6. The summed E-state index contributed by atoms with van der Waals surface area (Å²) in [6.45, 7) is 0. The summed E-state index contributed by atoms with van der Waals surface area (Å²) in [6.07, 6.45) is 3.05. The Morgan fingerprint density at radius 2 is 2.18 bits per heavy atom. The SMILES string of the molecule is COC(=O)c1ccccc1NC1CCC(N)C1. The number of nitrogens with two attached hydrogens (primary N) is 1. The predicted octanol–water partition coefficient (Wildman–Crippen LogP) is 1.76. The van der Waals surface area contributed by atoms with Crippen LogP contribution >= 0.6 is 0 Å². The minimum absolute atomic E-state index is 0.276. The Hall–Kier alpha value is -1.55. The highest BCUT2D eigenvalue weighted by molar-refractivity contribution is 5.95. The average molecular weight is 234 g/mol. The molecular weight excluding hydrogens is 216 g/mol. The number of benzene rings is 1. The van der Waals surface area contributed by atoms with Gasteiger partial charge in [-0.2, -0.15) is 0 Å². The fraction of sp³-hybridized carbons (Fsp3) is 0.462. The van der Waals surface area contributed by atoms with Crippen LogP contribution in [-0.2, 0) is 4.74 Å². The van der Waals surface area contributed by atoms with E-state index in [1.54, 1.807) is 6.07 Å². The van der Waals surface area contributed by atoms with E-state index in [4.69, 9.17) is 10.5 Å². The molecule has 1 saturated carbocycles. The molecule has 1 fully saturated rings. The van der Waals surface area contributed by atoms with E-state index in [9.17, 15) is 4.79 Å². The lowest BCUT2D eigenvalue weighted by Crippen LogP contribution is -2.21. The Morgan fingerprint density at radius 3 is 2.82 bits per heavy atom. The van der Waals surface area contributed by atoms with Crippen molar-refractivity contribution in [1.29, 1.82) is 0 Å². The zero-order chi connectivity index (χ0) is 12.3. The summed E-state index contributed by atoms with van der Waals surface area (Å²) in [5, 5.41) is 3.37. The summed E-state index contributed by atoms with van der Waals surface area (Å²) in [7, 11) is 1.39. The van der Waals surface area contributed by atoms with Crippen LogP contribution in [0.1, 0.15) is 29.6 Å². The van der Waals surface area contributed by atoms with Crippen LogP contribution in [0.5, 0.6) is 0 Å². The van der Waals surface area contributed by atoms with Crippen molar-refractivity contribution in [3.8, 4) is 0 Å². The van der Waals surface area contributed by atoms with E-state index in [1.165, 1.54) is 7.11 Å². The molecule has 0 heterocycles. The third-order valence-electron chi connectivity index (χ3n) is 3.17. The molecule has 1 aliphatic carbocycles. The third kappa shape index (κ3) is 2.77. The fourth-order valence-electron chi connectivity index (χ4n) is 2.26. The van der Waals surface area contributed by atoms with E-state index < -0.39 is 0 Å². The highest BCUT2D eigenvalue weighted by Gasteiger charge is 2.22. The lowest BCUT2D eigenvalue weighted by atomic mass is 10.1. The number of nitrogens with one attached hydrogen (secondary N) is 1. The van der Waals surface area contributed by atoms with Crippen LogP contribution in [0.4, 0.5) is 5.69 Å². The first-order chi connectivity index (χ1) is 8.20. The van der Waals surface area contributed by atoms with Gasteiger partial charge in [0, 0.05) is 17.8 Å². The highest BCUT2D eigenvalue weighted by Crippen LogP contribution is 2.24. The zero-order valence-corrected chi connectivity index (χ0v) is 9.98. The van der Waals surface area contributed by atoms with Crippen molar-refractivity contribution in [3.05, 3.63) is 29.8 Å². The molecule has 2 atom stereocenters. The predicted molar refractivity (Wildman–Crippen MR) is 67.0 cm³/mol. The molecule has 4 heteroatoms. The van der Waals surface area contributed by atoms with Crippen LogP contribution in [0.15, 0.2) is 24.3 Å². The molecule has 0 radical (unpaired) electrons. The van der Waals surface area contributed by atoms with Gasteiger partial charge in [0.15, 0.2) is 0 Å². The molecule has 0 bridgehead atoms. The molecule has 2 unspecified atom stereocenters. The van der Waals surface area contributed by atoms with Crippen molar-refractivity contribution >= 4 is 11.7 Å². The first kappa shape index (κ1) is 11.9. The van der Waals surface area contributed by atoms with Crippen LogP contribution in [0.3, 0.4) is 0 Å². The molecule has 92 valence electrons. The van der Waals surface area contributed by atoms with Crippen LogP contribution in [0.2, 0.25) is 0 Å². The highest BCUT2D eigenvalue weighted by atomic mass is 16.5. The molecule has 0 aromatic heterocycles. The van der Waals surface area contributed by atoms with Gasteiger partial charge in [0.1, 0.15) is 0 Å². The van der Waals surface area contributed by atoms with Gasteiger partial charge in [-0.25, -0.2) is 4.79 Å². The van der Waals surface area contributed by atoms with Crippen molar-refractivity contribution < 1.29 is 9.53 Å². The summed E-state index contributed by atoms with van der Waals surface area (Å²) < 4.78 is 4.76. The number of rotatable bonds is 3. The van der Waals surface area contributed by atoms with E-state index >= 15 is 0 Å². The lowest BCUT2D eigenvalue weighted by molar-refractivity contribution is 0.0602. The first-order valence-corrected chi connectivity index (χ1v) is 5.90. The molecule has 0 amide bonds. The number of carbonyl (C=O) groups excluding carboxylic acids is 1. The van der Waals surface area contributed by atoms with E-state index in [1.807, 2.05) is 18.2 Å². The van der Waals surface area contributed by atoms with Gasteiger partial charge in [0.2, 0.25) is 0 Å². The van der Waals surface area contributed by atoms with Gasteiger partial charge in [-0.1, -0.05) is 12.1 Å². The second kappa shape index (κ2) is 5.19. The molecule has 0 aliphatic heterocycles. The van der Waals surface area contributed by atoms with E-state index in [0.717, 1.165) is 24.9 Å². The number of methoxy groups -OCH3 is 1. The molecule has 1 aromatic rings. The molecule has 2 rings (SSSR count). The zero-order valence-electron chi connectivity index (χ0n) is 9.98. The number of ether oxygens (including phenoxy) is 1. The summed E-state index contributed by atoms with van der Waals surface area (Å²) in [5.41, 5.74) is 7.28. The van der Waals surface area contributed by atoms with Crippen LogP contribution in [0, 0.1) is 0 Å². The molecule has 3 N–H and O–H groups in total. The maximum atomic E-state index is 11.6. The minimum atomic E-state index is -0.310. The minimum Gasteiger partial charge on any atom is -0.465 e. The number of hydrogen-bond acceptors (Lipinski definition) is 4. The van der Waals surface area contributed by atoms with Gasteiger partial charge in [0.25, 0.3) is 0 Å². The van der Waals surface area contributed by atoms with Crippen molar-refractivity contribution in [3.63, 3.8) is 0 Å². The Labute approximate surface area is 101 Å². The molecule has 4 nitrogen and oxygen atoms in total. The van der Waals surface area contributed by atoms with Crippen LogP contribution in [0.25, 0.3) is 0 Å². The van der Waals surface area contributed by atoms with Crippen molar-refractivity contribution in [1.82, 2.24) is 0 Å². The second-order valence-electron chi connectivity index (χ2n) is 4.45. The van der Waals surface area contributed by atoms with Crippen LogP contribution in [-0.4, -0.2) is 25.2 Å². The molecule has 0 spiro atoms. The number of hydrogen-bond donors (Lipinski definition) is 2. The summed E-state index contributed by atoms with van der Waals surface area (Å²) in [5.74, 6) is -0.310. The Balaban J connectivity index is 2.12. The second-order valence-corrected chi connectivity index (χ2v) is 4.45. The van der Waals surface area contributed by atoms with Gasteiger partial charge >= 0.3 is 5.97 Å². The quantitative estimate of drug-likeness (QED) is 0.782. The summed E-state index contributed by atoms with van der Waals surface area (Å²) in [6, 6.07) is 8.04. The van der Waals surface area contributed by atoms with E-state index in [-0.39, 0.29) is 12.0 Å². The van der Waals surface area contributed by atoms with Gasteiger partial charge in [-0.05, 0) is 31.4 Å². The van der Waals surface area contributed by atoms with Gasteiger partial charge in [-0.3, -0.25) is 0 Å².